The van der Waals surface area contributed by atoms with Crippen LogP contribution in [0.4, 0.5) is 5.69 Å². The molecule has 1 rings (SSSR count). The molecule has 0 radical (unpaired) electrons. The van der Waals surface area contributed by atoms with Crippen LogP contribution in [0.1, 0.15) is 52.9 Å². The highest BCUT2D eigenvalue weighted by Gasteiger charge is 2.04. The molecule has 1 N–H and O–H groups in total. The Hall–Kier alpha value is -0.980. The van der Waals surface area contributed by atoms with E-state index in [0.29, 0.717) is 6.04 Å². The topological polar surface area (TPSA) is 12.0 Å². The van der Waals surface area contributed by atoms with Crippen molar-refractivity contribution in [3.8, 4) is 0 Å². The van der Waals surface area contributed by atoms with Crippen molar-refractivity contribution >= 4 is 5.69 Å². The van der Waals surface area contributed by atoms with E-state index >= 15 is 0 Å². The molecule has 2 atom stereocenters. The molecule has 0 saturated heterocycles. The van der Waals surface area contributed by atoms with Crippen LogP contribution in [-0.4, -0.2) is 6.04 Å². The molecule has 0 amide bonds. The highest BCUT2D eigenvalue weighted by atomic mass is 14.9. The monoisotopic (exact) mass is 233 g/mol. The van der Waals surface area contributed by atoms with Crippen LogP contribution in [0.3, 0.4) is 0 Å². The van der Waals surface area contributed by atoms with Gasteiger partial charge >= 0.3 is 0 Å². The summed E-state index contributed by atoms with van der Waals surface area (Å²) in [6.07, 6.45) is 6.67. The van der Waals surface area contributed by atoms with Gasteiger partial charge in [0.1, 0.15) is 0 Å². The van der Waals surface area contributed by atoms with E-state index in [1.54, 1.807) is 0 Å². The molecule has 0 fully saturated rings. The van der Waals surface area contributed by atoms with Crippen molar-refractivity contribution in [2.45, 2.75) is 58.9 Å². The van der Waals surface area contributed by atoms with Crippen LogP contribution in [0, 0.1) is 5.92 Å². The highest BCUT2D eigenvalue weighted by Crippen LogP contribution is 2.16. The number of anilines is 1. The SMILES string of the molecule is CCCC(C)CCCC(C)Nc1ccccc1. The second-order valence-corrected chi connectivity index (χ2v) is 5.24. The number of hydrogen-bond acceptors (Lipinski definition) is 1. The molecule has 17 heavy (non-hydrogen) atoms. The summed E-state index contributed by atoms with van der Waals surface area (Å²) in [4.78, 5) is 0. The summed E-state index contributed by atoms with van der Waals surface area (Å²) in [5, 5.41) is 3.55. The van der Waals surface area contributed by atoms with Gasteiger partial charge in [-0.05, 0) is 31.4 Å². The summed E-state index contributed by atoms with van der Waals surface area (Å²) in [7, 11) is 0. The zero-order chi connectivity index (χ0) is 12.5. The molecular weight excluding hydrogens is 206 g/mol. The largest absolute Gasteiger partial charge is 0.383 e. The number of benzene rings is 1. The quantitative estimate of drug-likeness (QED) is 0.659. The molecular formula is C16H27N. The summed E-state index contributed by atoms with van der Waals surface area (Å²) in [6, 6.07) is 11.1. The van der Waals surface area contributed by atoms with E-state index in [9.17, 15) is 0 Å². The minimum Gasteiger partial charge on any atom is -0.383 e. The van der Waals surface area contributed by atoms with Gasteiger partial charge in [-0.15, -0.1) is 0 Å². The maximum absolute atomic E-state index is 3.55. The first kappa shape index (κ1) is 14.1. The Morgan fingerprint density at radius 3 is 2.35 bits per heavy atom. The number of nitrogens with one attached hydrogen (secondary N) is 1. The molecule has 0 aliphatic heterocycles. The maximum atomic E-state index is 3.55. The first-order valence-corrected chi connectivity index (χ1v) is 7.04. The van der Waals surface area contributed by atoms with Crippen LogP contribution in [0.25, 0.3) is 0 Å². The van der Waals surface area contributed by atoms with Crippen molar-refractivity contribution < 1.29 is 0 Å². The molecule has 0 bridgehead atoms. The van der Waals surface area contributed by atoms with Crippen LogP contribution >= 0.6 is 0 Å². The first-order chi connectivity index (χ1) is 8.22. The smallest absolute Gasteiger partial charge is 0.0342 e. The lowest BCUT2D eigenvalue weighted by Gasteiger charge is -2.16. The van der Waals surface area contributed by atoms with Crippen LogP contribution in [0.5, 0.6) is 0 Å². The summed E-state index contributed by atoms with van der Waals surface area (Å²) in [5.41, 5.74) is 1.24. The standard InChI is InChI=1S/C16H27N/c1-4-9-14(2)10-8-11-15(3)17-16-12-6-5-7-13-16/h5-7,12-15,17H,4,8-11H2,1-3H3. The van der Waals surface area contributed by atoms with E-state index in [1.165, 1.54) is 37.8 Å². The van der Waals surface area contributed by atoms with Gasteiger partial charge in [0.15, 0.2) is 0 Å². The highest BCUT2D eigenvalue weighted by molar-refractivity contribution is 5.43. The average Bonchev–Trinajstić information content (AvgIpc) is 2.30. The van der Waals surface area contributed by atoms with Gasteiger partial charge in [0, 0.05) is 11.7 Å². The molecule has 1 aromatic rings. The molecule has 0 spiro atoms. The van der Waals surface area contributed by atoms with Gasteiger partial charge in [-0.1, -0.05) is 57.7 Å². The molecule has 1 heteroatoms. The van der Waals surface area contributed by atoms with E-state index in [0.717, 1.165) is 5.92 Å². The number of hydrogen-bond donors (Lipinski definition) is 1. The Bertz CT molecular complexity index is 281. The Morgan fingerprint density at radius 2 is 1.71 bits per heavy atom. The first-order valence-electron chi connectivity index (χ1n) is 7.04. The van der Waals surface area contributed by atoms with Gasteiger partial charge in [0.2, 0.25) is 0 Å². The van der Waals surface area contributed by atoms with E-state index in [-0.39, 0.29) is 0 Å². The van der Waals surface area contributed by atoms with Crippen molar-refractivity contribution in [2.24, 2.45) is 5.92 Å². The van der Waals surface area contributed by atoms with E-state index in [1.807, 2.05) is 0 Å². The van der Waals surface area contributed by atoms with Gasteiger partial charge < -0.3 is 5.32 Å². The average molecular weight is 233 g/mol. The third kappa shape index (κ3) is 6.35. The zero-order valence-electron chi connectivity index (χ0n) is 11.6. The van der Waals surface area contributed by atoms with E-state index in [2.05, 4.69) is 56.4 Å². The van der Waals surface area contributed by atoms with Crippen LogP contribution in [-0.2, 0) is 0 Å². The molecule has 0 aliphatic rings. The lowest BCUT2D eigenvalue weighted by Crippen LogP contribution is -2.15. The summed E-state index contributed by atoms with van der Waals surface area (Å²) in [6.45, 7) is 6.92. The Morgan fingerprint density at radius 1 is 1.00 bits per heavy atom. The molecule has 2 unspecified atom stereocenters. The van der Waals surface area contributed by atoms with Crippen molar-refractivity contribution in [3.05, 3.63) is 30.3 Å². The molecule has 0 heterocycles. The second-order valence-electron chi connectivity index (χ2n) is 5.24. The van der Waals surface area contributed by atoms with Gasteiger partial charge in [0.25, 0.3) is 0 Å². The third-order valence-corrected chi connectivity index (χ3v) is 3.30. The Labute approximate surface area is 107 Å². The predicted molar refractivity (Wildman–Crippen MR) is 77.4 cm³/mol. The normalized spacial score (nSPS) is 14.3. The number of para-hydroxylation sites is 1. The summed E-state index contributed by atoms with van der Waals surface area (Å²) < 4.78 is 0. The Kier molecular flexibility index (Phi) is 6.76. The fourth-order valence-corrected chi connectivity index (χ4v) is 2.30. The molecule has 0 aromatic heterocycles. The van der Waals surface area contributed by atoms with Crippen LogP contribution < -0.4 is 5.32 Å². The fourth-order valence-electron chi connectivity index (χ4n) is 2.30. The van der Waals surface area contributed by atoms with Crippen LogP contribution in [0.15, 0.2) is 30.3 Å². The fraction of sp³-hybridized carbons (Fsp3) is 0.625. The summed E-state index contributed by atoms with van der Waals surface area (Å²) >= 11 is 0. The van der Waals surface area contributed by atoms with Crippen molar-refractivity contribution in [2.75, 3.05) is 5.32 Å². The van der Waals surface area contributed by atoms with Crippen molar-refractivity contribution in [1.29, 1.82) is 0 Å². The molecule has 1 nitrogen and oxygen atoms in total. The maximum Gasteiger partial charge on any atom is 0.0342 e. The van der Waals surface area contributed by atoms with E-state index in [4.69, 9.17) is 0 Å². The van der Waals surface area contributed by atoms with Gasteiger partial charge in [-0.3, -0.25) is 0 Å². The Balaban J connectivity index is 2.15. The van der Waals surface area contributed by atoms with Gasteiger partial charge in [0.05, 0.1) is 0 Å². The van der Waals surface area contributed by atoms with Crippen molar-refractivity contribution in [3.63, 3.8) is 0 Å². The van der Waals surface area contributed by atoms with Gasteiger partial charge in [-0.2, -0.15) is 0 Å². The lowest BCUT2D eigenvalue weighted by molar-refractivity contribution is 0.453. The molecule has 1 aromatic carbocycles. The second kappa shape index (κ2) is 8.16. The molecule has 0 aliphatic carbocycles. The summed E-state index contributed by atoms with van der Waals surface area (Å²) in [5.74, 6) is 0.893. The molecule has 96 valence electrons. The van der Waals surface area contributed by atoms with Crippen LogP contribution in [0.2, 0.25) is 0 Å². The van der Waals surface area contributed by atoms with Crippen molar-refractivity contribution in [1.82, 2.24) is 0 Å². The van der Waals surface area contributed by atoms with Gasteiger partial charge in [-0.25, -0.2) is 0 Å². The van der Waals surface area contributed by atoms with E-state index < -0.39 is 0 Å². The lowest BCUT2D eigenvalue weighted by atomic mass is 9.98. The third-order valence-electron chi connectivity index (χ3n) is 3.30. The molecule has 0 saturated carbocycles. The number of rotatable bonds is 8. The minimum absolute atomic E-state index is 0.575. The zero-order valence-corrected chi connectivity index (χ0v) is 11.6. The minimum atomic E-state index is 0.575. The predicted octanol–water partition coefficient (Wildman–Crippen LogP) is 5.09.